The van der Waals surface area contributed by atoms with Gasteiger partial charge in [0, 0.05) is 11.4 Å². The molecule has 3 aromatic rings. The minimum absolute atomic E-state index is 0.138. The van der Waals surface area contributed by atoms with Gasteiger partial charge < -0.3 is 19.5 Å². The maximum atomic E-state index is 13.5. The van der Waals surface area contributed by atoms with Gasteiger partial charge in [0.05, 0.1) is 17.7 Å². The van der Waals surface area contributed by atoms with E-state index in [1.54, 1.807) is 42.2 Å². The first-order chi connectivity index (χ1) is 15.2. The van der Waals surface area contributed by atoms with Gasteiger partial charge in [0.25, 0.3) is 5.91 Å². The first-order valence-corrected chi connectivity index (χ1v) is 10.0. The molecule has 7 nitrogen and oxygen atoms in total. The molecule has 2 aliphatic heterocycles. The van der Waals surface area contributed by atoms with Gasteiger partial charge in [-0.2, -0.15) is 0 Å². The summed E-state index contributed by atoms with van der Waals surface area (Å²) < 4.78 is 16.0. The van der Waals surface area contributed by atoms with Gasteiger partial charge >= 0.3 is 5.97 Å². The molecule has 0 spiro atoms. The number of carbonyl (C=O) groups excluding carboxylic acids is 2. The van der Waals surface area contributed by atoms with Crippen LogP contribution in [0.1, 0.15) is 39.4 Å². The van der Waals surface area contributed by atoms with Gasteiger partial charge in [0.15, 0.2) is 11.5 Å². The minimum atomic E-state index is -0.467. The van der Waals surface area contributed by atoms with E-state index in [2.05, 4.69) is 5.32 Å². The number of ether oxygens (including phenoxy) is 3. The molecule has 2 heterocycles. The molecule has 0 saturated heterocycles. The van der Waals surface area contributed by atoms with Crippen molar-refractivity contribution in [2.75, 3.05) is 23.6 Å². The number of amides is 1. The zero-order valence-electron chi connectivity index (χ0n) is 16.8. The Labute approximate surface area is 179 Å². The van der Waals surface area contributed by atoms with E-state index >= 15 is 0 Å². The predicted molar refractivity (Wildman–Crippen MR) is 115 cm³/mol. The number of rotatable bonds is 4. The topological polar surface area (TPSA) is 77.1 Å². The summed E-state index contributed by atoms with van der Waals surface area (Å²) in [6.45, 7) is 2.24. The van der Waals surface area contributed by atoms with Crippen LogP contribution in [0.5, 0.6) is 11.5 Å². The Hall–Kier alpha value is -4.00. The van der Waals surface area contributed by atoms with Crippen LogP contribution < -0.4 is 19.7 Å². The molecular weight excluding hydrogens is 396 g/mol. The lowest BCUT2D eigenvalue weighted by molar-refractivity contribution is 0.0526. The number of anilines is 2. The van der Waals surface area contributed by atoms with E-state index < -0.39 is 12.1 Å². The summed E-state index contributed by atoms with van der Waals surface area (Å²) in [7, 11) is 0. The minimum Gasteiger partial charge on any atom is -0.462 e. The third-order valence-corrected chi connectivity index (χ3v) is 5.30. The number of fused-ring (bicyclic) bond motifs is 2. The fourth-order valence-electron chi connectivity index (χ4n) is 3.81. The van der Waals surface area contributed by atoms with E-state index in [0.717, 1.165) is 11.3 Å². The van der Waals surface area contributed by atoms with Crippen molar-refractivity contribution in [1.29, 1.82) is 0 Å². The summed E-state index contributed by atoms with van der Waals surface area (Å²) in [5.41, 5.74) is 3.27. The number of nitrogens with zero attached hydrogens (tertiary/aromatic N) is 1. The Morgan fingerprint density at radius 3 is 2.65 bits per heavy atom. The molecule has 7 heteroatoms. The predicted octanol–water partition coefficient (Wildman–Crippen LogP) is 4.36. The lowest BCUT2D eigenvalue weighted by atomic mass is 10.0. The van der Waals surface area contributed by atoms with Crippen LogP contribution in [0.25, 0.3) is 0 Å². The SMILES string of the molecule is CCOC(=O)c1ccc(N2C(=O)c3ccccc3N[C@@H]2c2ccc3c(c2)OCO3)cc1. The Bertz CT molecular complexity index is 1160. The van der Waals surface area contributed by atoms with Crippen LogP contribution in [-0.4, -0.2) is 25.3 Å². The van der Waals surface area contributed by atoms with Crippen molar-refractivity contribution in [3.8, 4) is 11.5 Å². The first kappa shape index (κ1) is 19.0. The van der Waals surface area contributed by atoms with E-state index in [1.165, 1.54) is 0 Å². The highest BCUT2D eigenvalue weighted by Gasteiger charge is 2.34. The average Bonchev–Trinajstić information content (AvgIpc) is 3.27. The number of para-hydroxylation sites is 1. The summed E-state index contributed by atoms with van der Waals surface area (Å²) >= 11 is 0. The maximum absolute atomic E-state index is 13.5. The summed E-state index contributed by atoms with van der Waals surface area (Å²) in [6, 6.07) is 19.9. The molecule has 0 aliphatic carbocycles. The maximum Gasteiger partial charge on any atom is 0.338 e. The van der Waals surface area contributed by atoms with Crippen molar-refractivity contribution in [2.45, 2.75) is 13.1 Å². The van der Waals surface area contributed by atoms with Gasteiger partial charge in [-0.3, -0.25) is 9.69 Å². The lowest BCUT2D eigenvalue weighted by Gasteiger charge is -2.38. The van der Waals surface area contributed by atoms with E-state index in [4.69, 9.17) is 14.2 Å². The molecular formula is C24H20N2O5. The summed E-state index contributed by atoms with van der Waals surface area (Å²) in [6.07, 6.45) is -0.467. The molecule has 3 aromatic carbocycles. The molecule has 1 atom stereocenters. The second-order valence-corrected chi connectivity index (χ2v) is 7.15. The van der Waals surface area contributed by atoms with Gasteiger partial charge in [-0.05, 0) is 61.0 Å². The molecule has 5 rings (SSSR count). The summed E-state index contributed by atoms with van der Waals surface area (Å²) in [5, 5.41) is 3.46. The molecule has 0 radical (unpaired) electrons. The van der Waals surface area contributed by atoms with E-state index in [9.17, 15) is 9.59 Å². The molecule has 0 fully saturated rings. The van der Waals surface area contributed by atoms with Crippen LogP contribution in [0, 0.1) is 0 Å². The zero-order chi connectivity index (χ0) is 21.4. The number of hydrogen-bond donors (Lipinski definition) is 1. The smallest absolute Gasteiger partial charge is 0.338 e. The molecule has 0 unspecified atom stereocenters. The van der Waals surface area contributed by atoms with Crippen LogP contribution in [0.2, 0.25) is 0 Å². The quantitative estimate of drug-likeness (QED) is 0.637. The van der Waals surface area contributed by atoms with Crippen LogP contribution in [-0.2, 0) is 4.74 Å². The zero-order valence-corrected chi connectivity index (χ0v) is 16.8. The van der Waals surface area contributed by atoms with E-state index in [-0.39, 0.29) is 12.7 Å². The largest absolute Gasteiger partial charge is 0.462 e. The fraction of sp³-hybridized carbons (Fsp3) is 0.167. The highest BCUT2D eigenvalue weighted by Crippen LogP contribution is 2.40. The Morgan fingerprint density at radius 2 is 1.84 bits per heavy atom. The van der Waals surface area contributed by atoms with Gasteiger partial charge in [0.1, 0.15) is 6.17 Å². The molecule has 0 bridgehead atoms. The second-order valence-electron chi connectivity index (χ2n) is 7.15. The van der Waals surface area contributed by atoms with Crippen molar-refractivity contribution >= 4 is 23.3 Å². The van der Waals surface area contributed by atoms with Crippen molar-refractivity contribution in [3.63, 3.8) is 0 Å². The highest BCUT2D eigenvalue weighted by molar-refractivity contribution is 6.12. The van der Waals surface area contributed by atoms with E-state index in [1.807, 2.05) is 36.4 Å². The number of hydrogen-bond acceptors (Lipinski definition) is 6. The Morgan fingerprint density at radius 1 is 1.06 bits per heavy atom. The second kappa shape index (κ2) is 7.68. The monoisotopic (exact) mass is 416 g/mol. The molecule has 31 heavy (non-hydrogen) atoms. The Balaban J connectivity index is 1.56. The van der Waals surface area contributed by atoms with Gasteiger partial charge in [-0.15, -0.1) is 0 Å². The van der Waals surface area contributed by atoms with Gasteiger partial charge in [-0.25, -0.2) is 4.79 Å². The lowest BCUT2D eigenvalue weighted by Crippen LogP contribution is -2.43. The number of carbonyl (C=O) groups is 2. The van der Waals surface area contributed by atoms with Crippen LogP contribution in [0.4, 0.5) is 11.4 Å². The van der Waals surface area contributed by atoms with Crippen molar-refractivity contribution in [2.24, 2.45) is 0 Å². The number of esters is 1. The standard InChI is InChI=1S/C24H20N2O5/c1-2-29-24(28)15-7-10-17(11-8-15)26-22(16-9-12-20-21(13-16)31-14-30-20)25-19-6-4-3-5-18(19)23(26)27/h3-13,22,25H,2,14H2,1H3/t22-/m0/s1. The normalized spacial score (nSPS) is 16.5. The number of nitrogens with one attached hydrogen (secondary N) is 1. The van der Waals surface area contributed by atoms with Crippen molar-refractivity contribution in [1.82, 2.24) is 0 Å². The molecule has 1 N–H and O–H groups in total. The van der Waals surface area contributed by atoms with Crippen molar-refractivity contribution in [3.05, 3.63) is 83.4 Å². The molecule has 156 valence electrons. The van der Waals surface area contributed by atoms with Crippen LogP contribution >= 0.6 is 0 Å². The fourth-order valence-corrected chi connectivity index (χ4v) is 3.81. The molecule has 0 saturated carbocycles. The molecule has 0 aromatic heterocycles. The van der Waals surface area contributed by atoms with Gasteiger partial charge in [0.2, 0.25) is 6.79 Å². The third kappa shape index (κ3) is 3.34. The third-order valence-electron chi connectivity index (χ3n) is 5.30. The van der Waals surface area contributed by atoms with Crippen LogP contribution in [0.15, 0.2) is 66.7 Å². The van der Waals surface area contributed by atoms with Crippen molar-refractivity contribution < 1.29 is 23.8 Å². The summed E-state index contributed by atoms with van der Waals surface area (Å²) in [4.78, 5) is 27.2. The number of benzene rings is 3. The average molecular weight is 416 g/mol. The highest BCUT2D eigenvalue weighted by atomic mass is 16.7. The molecule has 1 amide bonds. The Kier molecular flexibility index (Phi) is 4.71. The summed E-state index contributed by atoms with van der Waals surface area (Å²) in [5.74, 6) is 0.788. The van der Waals surface area contributed by atoms with Gasteiger partial charge in [-0.1, -0.05) is 18.2 Å². The first-order valence-electron chi connectivity index (χ1n) is 10.0. The van der Waals surface area contributed by atoms with E-state index in [0.29, 0.717) is 34.9 Å². The van der Waals surface area contributed by atoms with Crippen LogP contribution in [0.3, 0.4) is 0 Å². The molecule has 2 aliphatic rings.